The van der Waals surface area contributed by atoms with Crippen LogP contribution in [-0.4, -0.2) is 51.3 Å². The van der Waals surface area contributed by atoms with Gasteiger partial charge in [0.2, 0.25) is 17.8 Å². The minimum absolute atomic E-state index is 0.0485. The highest BCUT2D eigenvalue weighted by atomic mass is 16.2. The van der Waals surface area contributed by atoms with Crippen molar-refractivity contribution in [1.82, 2.24) is 19.4 Å². The van der Waals surface area contributed by atoms with Crippen LogP contribution in [-0.2, 0) is 9.59 Å². The van der Waals surface area contributed by atoms with Crippen LogP contribution in [0.4, 0.5) is 23.0 Å². The Bertz CT molecular complexity index is 1670. The lowest BCUT2D eigenvalue weighted by Crippen LogP contribution is -2.35. The van der Waals surface area contributed by atoms with Crippen molar-refractivity contribution in [3.63, 3.8) is 0 Å². The van der Waals surface area contributed by atoms with E-state index in [1.807, 2.05) is 49.4 Å². The molecule has 2 aromatic heterocycles. The molecular formula is C32H35N7O3. The number of hydrogen-bond acceptors (Lipinski definition) is 6. The molecule has 3 N–H and O–H groups in total. The van der Waals surface area contributed by atoms with E-state index in [-0.39, 0.29) is 23.8 Å². The molecule has 0 radical (unpaired) electrons. The lowest BCUT2D eigenvalue weighted by molar-refractivity contribution is -0.131. The van der Waals surface area contributed by atoms with Gasteiger partial charge in [0.05, 0.1) is 0 Å². The Hall–Kier alpha value is -4.73. The number of aryl methyl sites for hydroxylation is 1. The first-order chi connectivity index (χ1) is 20.2. The molecule has 2 aromatic carbocycles. The van der Waals surface area contributed by atoms with Gasteiger partial charge in [-0.25, -0.2) is 4.98 Å². The van der Waals surface area contributed by atoms with Crippen molar-refractivity contribution in [3.8, 4) is 0 Å². The van der Waals surface area contributed by atoms with Gasteiger partial charge in [-0.3, -0.25) is 14.4 Å². The van der Waals surface area contributed by atoms with E-state index < -0.39 is 5.41 Å². The largest absolute Gasteiger partial charge is 0.343 e. The van der Waals surface area contributed by atoms with Gasteiger partial charge in [0.1, 0.15) is 16.8 Å². The fraction of sp³-hybridized carbons (Fsp3) is 0.344. The molecule has 0 spiro atoms. The molecule has 10 nitrogen and oxygen atoms in total. The second-order valence-electron chi connectivity index (χ2n) is 11.6. The number of carbonyl (C=O) groups excluding carboxylic acids is 3. The van der Waals surface area contributed by atoms with Crippen LogP contribution < -0.4 is 16.0 Å². The maximum Gasteiger partial charge on any atom is 0.270 e. The Morgan fingerprint density at radius 1 is 0.905 bits per heavy atom. The molecule has 2 heterocycles. The first kappa shape index (κ1) is 27.4. The molecule has 6 rings (SSSR count). The van der Waals surface area contributed by atoms with E-state index in [9.17, 15) is 14.4 Å². The standard InChI is InChI=1S/C32H35N7O3/c1-20-7-6-8-24(17-20)35-30(42)32(15-16-32)29(41)34-22-11-13-23(14-12-22)36-31-33-19-21-18-26(28(40)38(2)3)39(27(21)37-31)25-9-4-5-10-25/h6-8,11-14,17-19,25H,4-5,9-10,15-16H2,1-3H3,(H,34,41)(H,35,42)(H,33,36,37). The molecule has 0 atom stereocenters. The monoisotopic (exact) mass is 565 g/mol. The van der Waals surface area contributed by atoms with E-state index in [1.54, 1.807) is 37.3 Å². The SMILES string of the molecule is Cc1cccc(NC(=O)C2(C(=O)Nc3ccc(Nc4ncc5cc(C(=O)N(C)C)n(C6CCCC6)c5n4)cc3)CC2)c1. The lowest BCUT2D eigenvalue weighted by Gasteiger charge is -2.19. The van der Waals surface area contributed by atoms with Gasteiger partial charge < -0.3 is 25.4 Å². The zero-order valence-electron chi connectivity index (χ0n) is 24.1. The Morgan fingerprint density at radius 3 is 2.21 bits per heavy atom. The number of amides is 3. The van der Waals surface area contributed by atoms with E-state index in [0.717, 1.165) is 48.0 Å². The number of carbonyl (C=O) groups is 3. The van der Waals surface area contributed by atoms with Gasteiger partial charge in [0, 0.05) is 48.8 Å². The van der Waals surface area contributed by atoms with Crippen LogP contribution >= 0.6 is 0 Å². The highest BCUT2D eigenvalue weighted by Crippen LogP contribution is 2.47. The Kier molecular flexibility index (Phi) is 7.14. The fourth-order valence-corrected chi connectivity index (χ4v) is 5.67. The molecule has 0 unspecified atom stereocenters. The summed E-state index contributed by atoms with van der Waals surface area (Å²) in [5.41, 5.74) is 3.39. The zero-order valence-corrected chi connectivity index (χ0v) is 24.1. The van der Waals surface area contributed by atoms with E-state index in [1.165, 1.54) is 0 Å². The molecule has 2 aliphatic carbocycles. The third kappa shape index (κ3) is 5.32. The van der Waals surface area contributed by atoms with Gasteiger partial charge in [0.15, 0.2) is 0 Å². The summed E-state index contributed by atoms with van der Waals surface area (Å²) in [5, 5.41) is 9.86. The smallest absolute Gasteiger partial charge is 0.270 e. The molecule has 216 valence electrons. The predicted octanol–water partition coefficient (Wildman–Crippen LogP) is 5.66. The van der Waals surface area contributed by atoms with Gasteiger partial charge in [-0.1, -0.05) is 25.0 Å². The van der Waals surface area contributed by atoms with Crippen LogP contribution in [0.15, 0.2) is 60.8 Å². The predicted molar refractivity (Wildman–Crippen MR) is 163 cm³/mol. The van der Waals surface area contributed by atoms with Crippen molar-refractivity contribution < 1.29 is 14.4 Å². The maximum atomic E-state index is 13.1. The van der Waals surface area contributed by atoms with Crippen LogP contribution in [0.2, 0.25) is 0 Å². The van der Waals surface area contributed by atoms with E-state index >= 15 is 0 Å². The summed E-state index contributed by atoms with van der Waals surface area (Å²) in [5.74, 6) is -0.218. The molecule has 0 aliphatic heterocycles. The van der Waals surface area contributed by atoms with Gasteiger partial charge in [-0.2, -0.15) is 4.98 Å². The average molecular weight is 566 g/mol. The van der Waals surface area contributed by atoms with E-state index in [0.29, 0.717) is 35.9 Å². The van der Waals surface area contributed by atoms with E-state index in [2.05, 4.69) is 25.5 Å². The van der Waals surface area contributed by atoms with Crippen molar-refractivity contribution in [2.75, 3.05) is 30.0 Å². The summed E-state index contributed by atoms with van der Waals surface area (Å²) in [6.07, 6.45) is 7.09. The number of benzene rings is 2. The van der Waals surface area contributed by atoms with Crippen LogP contribution in [0.5, 0.6) is 0 Å². The van der Waals surface area contributed by atoms with Gasteiger partial charge >= 0.3 is 0 Å². The van der Waals surface area contributed by atoms with Crippen LogP contribution in [0, 0.1) is 12.3 Å². The van der Waals surface area contributed by atoms with Crippen molar-refractivity contribution in [1.29, 1.82) is 0 Å². The van der Waals surface area contributed by atoms with Crippen LogP contribution in [0.1, 0.15) is 60.6 Å². The molecule has 4 aromatic rings. The van der Waals surface area contributed by atoms with Crippen molar-refractivity contribution in [2.24, 2.45) is 5.41 Å². The molecule has 42 heavy (non-hydrogen) atoms. The Balaban J connectivity index is 1.15. The number of fused-ring (bicyclic) bond motifs is 1. The summed E-state index contributed by atoms with van der Waals surface area (Å²) in [4.78, 5) is 49.9. The summed E-state index contributed by atoms with van der Waals surface area (Å²) in [6, 6.07) is 16.9. The van der Waals surface area contributed by atoms with Gasteiger partial charge in [0.25, 0.3) is 5.91 Å². The topological polar surface area (TPSA) is 121 Å². The number of hydrogen-bond donors (Lipinski definition) is 3. The molecule has 0 saturated heterocycles. The number of aromatic nitrogens is 3. The van der Waals surface area contributed by atoms with Crippen LogP contribution in [0.3, 0.4) is 0 Å². The lowest BCUT2D eigenvalue weighted by atomic mass is 10.0. The zero-order chi connectivity index (χ0) is 29.4. The van der Waals surface area contributed by atoms with E-state index in [4.69, 9.17) is 4.98 Å². The second-order valence-corrected chi connectivity index (χ2v) is 11.6. The first-order valence-electron chi connectivity index (χ1n) is 14.4. The molecule has 0 bridgehead atoms. The second kappa shape index (κ2) is 10.9. The van der Waals surface area contributed by atoms with Gasteiger partial charge in [-0.05, 0) is 80.6 Å². The summed E-state index contributed by atoms with van der Waals surface area (Å²) < 4.78 is 2.08. The van der Waals surface area contributed by atoms with Crippen LogP contribution in [0.25, 0.3) is 11.0 Å². The first-order valence-corrected chi connectivity index (χ1v) is 14.4. The molecule has 2 fully saturated rings. The fourth-order valence-electron chi connectivity index (χ4n) is 5.67. The Morgan fingerprint density at radius 2 is 1.57 bits per heavy atom. The Labute approximate surface area is 244 Å². The number of anilines is 4. The minimum Gasteiger partial charge on any atom is -0.343 e. The highest BCUT2D eigenvalue weighted by Gasteiger charge is 2.56. The quantitative estimate of drug-likeness (QED) is 0.237. The molecule has 2 aliphatic rings. The average Bonchev–Trinajstić information content (AvgIpc) is 3.45. The molecule has 3 amide bonds. The summed E-state index contributed by atoms with van der Waals surface area (Å²) in [6.45, 7) is 1.96. The summed E-state index contributed by atoms with van der Waals surface area (Å²) in [7, 11) is 3.52. The number of nitrogens with zero attached hydrogens (tertiary/aromatic N) is 4. The highest BCUT2D eigenvalue weighted by molar-refractivity contribution is 6.17. The third-order valence-corrected chi connectivity index (χ3v) is 8.19. The third-order valence-electron chi connectivity index (χ3n) is 8.19. The van der Waals surface area contributed by atoms with Crippen molar-refractivity contribution in [2.45, 2.75) is 51.5 Å². The molecule has 10 heteroatoms. The number of nitrogens with one attached hydrogen (secondary N) is 3. The number of rotatable bonds is 8. The van der Waals surface area contributed by atoms with Crippen molar-refractivity contribution >= 4 is 51.8 Å². The van der Waals surface area contributed by atoms with Crippen molar-refractivity contribution in [3.05, 3.63) is 72.1 Å². The maximum absolute atomic E-state index is 13.1. The molecule has 2 saturated carbocycles. The summed E-state index contributed by atoms with van der Waals surface area (Å²) >= 11 is 0. The van der Waals surface area contributed by atoms with Gasteiger partial charge in [-0.15, -0.1) is 0 Å². The normalized spacial score (nSPS) is 15.8. The minimum atomic E-state index is -1.05. The molecular weight excluding hydrogens is 530 g/mol.